The van der Waals surface area contributed by atoms with Crippen LogP contribution < -0.4 is 0 Å². The first kappa shape index (κ1) is 13.1. The van der Waals surface area contributed by atoms with Crippen molar-refractivity contribution in [2.45, 2.75) is 29.2 Å². The van der Waals surface area contributed by atoms with Gasteiger partial charge < -0.3 is 5.11 Å². The Labute approximate surface area is 111 Å². The van der Waals surface area contributed by atoms with Gasteiger partial charge in [0.05, 0.1) is 6.10 Å². The molecule has 0 heterocycles. The smallest absolute Gasteiger partial charge is 0.124 e. The fourth-order valence-corrected chi connectivity index (χ4v) is 2.77. The molecule has 0 saturated heterocycles. The molecule has 0 radical (unpaired) electrons. The lowest BCUT2D eigenvalue weighted by Crippen LogP contribution is -1.97. The van der Waals surface area contributed by atoms with Crippen LogP contribution in [0.1, 0.15) is 25.0 Å². The molecule has 0 aliphatic rings. The van der Waals surface area contributed by atoms with Crippen molar-refractivity contribution < 1.29 is 9.50 Å². The van der Waals surface area contributed by atoms with Crippen LogP contribution in [0.3, 0.4) is 0 Å². The fraction of sp³-hybridized carbons (Fsp3) is 0.200. The van der Waals surface area contributed by atoms with Crippen molar-refractivity contribution in [2.75, 3.05) is 0 Å². The third-order valence-corrected chi connectivity index (χ3v) is 3.77. The van der Waals surface area contributed by atoms with Gasteiger partial charge in [-0.1, -0.05) is 43.0 Å². The maximum atomic E-state index is 13.1. The fourth-order valence-electron chi connectivity index (χ4n) is 1.73. The second-order valence-electron chi connectivity index (χ2n) is 4.02. The molecule has 94 valence electrons. The van der Waals surface area contributed by atoms with Crippen molar-refractivity contribution in [1.29, 1.82) is 0 Å². The summed E-state index contributed by atoms with van der Waals surface area (Å²) in [4.78, 5) is 1.81. The van der Waals surface area contributed by atoms with E-state index in [0.717, 1.165) is 15.4 Å². The molecule has 18 heavy (non-hydrogen) atoms. The van der Waals surface area contributed by atoms with Gasteiger partial charge in [0.25, 0.3) is 0 Å². The molecular weight excluding hydrogens is 247 g/mol. The molecule has 0 saturated carbocycles. The lowest BCUT2D eigenvalue weighted by atomic mass is 10.1. The van der Waals surface area contributed by atoms with E-state index in [-0.39, 0.29) is 5.82 Å². The number of aliphatic hydroxyl groups is 1. The second kappa shape index (κ2) is 6.03. The van der Waals surface area contributed by atoms with Crippen LogP contribution in [-0.4, -0.2) is 5.11 Å². The summed E-state index contributed by atoms with van der Waals surface area (Å²) in [6, 6.07) is 14.2. The molecule has 0 spiro atoms. The predicted molar refractivity (Wildman–Crippen MR) is 72.2 cm³/mol. The summed E-state index contributed by atoms with van der Waals surface area (Å²) < 4.78 is 13.1. The van der Waals surface area contributed by atoms with Gasteiger partial charge >= 0.3 is 0 Å². The van der Waals surface area contributed by atoms with Crippen LogP contribution in [0.5, 0.6) is 0 Å². The van der Waals surface area contributed by atoms with Gasteiger partial charge in [-0.3, -0.25) is 0 Å². The number of halogens is 1. The molecule has 1 N–H and O–H groups in total. The van der Waals surface area contributed by atoms with Gasteiger partial charge in [0.2, 0.25) is 0 Å². The summed E-state index contributed by atoms with van der Waals surface area (Å²) in [5.74, 6) is -0.242. The average Bonchev–Trinajstić information content (AvgIpc) is 2.38. The summed E-state index contributed by atoms with van der Waals surface area (Å²) in [7, 11) is 0. The maximum Gasteiger partial charge on any atom is 0.124 e. The van der Waals surface area contributed by atoms with E-state index in [1.54, 1.807) is 6.07 Å². The van der Waals surface area contributed by atoms with E-state index in [2.05, 4.69) is 0 Å². The van der Waals surface area contributed by atoms with Crippen LogP contribution in [0.2, 0.25) is 0 Å². The minimum Gasteiger partial charge on any atom is -0.388 e. The molecule has 1 unspecified atom stereocenters. The summed E-state index contributed by atoms with van der Waals surface area (Å²) >= 11 is 1.47. The first-order chi connectivity index (χ1) is 8.70. The first-order valence-corrected chi connectivity index (χ1v) is 6.72. The van der Waals surface area contributed by atoms with Crippen LogP contribution in [0.4, 0.5) is 4.39 Å². The molecule has 0 aliphatic heterocycles. The first-order valence-electron chi connectivity index (χ1n) is 5.91. The van der Waals surface area contributed by atoms with E-state index in [4.69, 9.17) is 0 Å². The van der Waals surface area contributed by atoms with Crippen LogP contribution in [0, 0.1) is 5.82 Å². The van der Waals surface area contributed by atoms with E-state index in [1.165, 1.54) is 23.9 Å². The van der Waals surface area contributed by atoms with Crippen LogP contribution in [0.15, 0.2) is 58.3 Å². The second-order valence-corrected chi connectivity index (χ2v) is 5.14. The SMILES string of the molecule is CCC(O)c1ccccc1Sc1cccc(F)c1. The number of benzene rings is 2. The molecule has 2 aromatic carbocycles. The van der Waals surface area contributed by atoms with Crippen LogP contribution >= 0.6 is 11.8 Å². The minimum atomic E-state index is -0.470. The van der Waals surface area contributed by atoms with E-state index in [9.17, 15) is 9.50 Å². The average molecular weight is 262 g/mol. The van der Waals surface area contributed by atoms with Crippen molar-refractivity contribution in [3.8, 4) is 0 Å². The third kappa shape index (κ3) is 3.12. The molecule has 0 aliphatic carbocycles. The number of aliphatic hydroxyl groups excluding tert-OH is 1. The Bertz CT molecular complexity index is 527. The highest BCUT2D eigenvalue weighted by Gasteiger charge is 2.11. The van der Waals surface area contributed by atoms with Gasteiger partial charge in [-0.2, -0.15) is 0 Å². The Balaban J connectivity index is 2.29. The lowest BCUT2D eigenvalue weighted by Gasteiger charge is -2.13. The van der Waals surface area contributed by atoms with E-state index >= 15 is 0 Å². The molecule has 0 amide bonds. The Morgan fingerprint density at radius 3 is 2.67 bits per heavy atom. The van der Waals surface area contributed by atoms with E-state index in [1.807, 2.05) is 37.3 Å². The minimum absolute atomic E-state index is 0.242. The zero-order valence-electron chi connectivity index (χ0n) is 10.1. The highest BCUT2D eigenvalue weighted by atomic mass is 32.2. The normalized spacial score (nSPS) is 12.4. The molecule has 2 rings (SSSR count). The predicted octanol–water partition coefficient (Wildman–Crippen LogP) is 4.42. The maximum absolute atomic E-state index is 13.1. The zero-order valence-corrected chi connectivity index (χ0v) is 11.0. The highest BCUT2D eigenvalue weighted by Crippen LogP contribution is 2.34. The highest BCUT2D eigenvalue weighted by molar-refractivity contribution is 7.99. The van der Waals surface area contributed by atoms with Gasteiger partial charge in [0.1, 0.15) is 5.82 Å². The number of hydrogen-bond donors (Lipinski definition) is 1. The van der Waals surface area contributed by atoms with Gasteiger partial charge in [-0.15, -0.1) is 0 Å². The molecule has 0 fully saturated rings. The van der Waals surface area contributed by atoms with E-state index < -0.39 is 6.10 Å². The zero-order chi connectivity index (χ0) is 13.0. The lowest BCUT2D eigenvalue weighted by molar-refractivity contribution is 0.171. The monoisotopic (exact) mass is 262 g/mol. The van der Waals surface area contributed by atoms with Crippen LogP contribution in [0.25, 0.3) is 0 Å². The third-order valence-electron chi connectivity index (χ3n) is 2.69. The van der Waals surface area contributed by atoms with Crippen molar-refractivity contribution in [3.05, 3.63) is 59.9 Å². The van der Waals surface area contributed by atoms with Gasteiger partial charge in [-0.25, -0.2) is 4.39 Å². The molecule has 1 atom stereocenters. The molecule has 2 aromatic rings. The summed E-state index contributed by atoms with van der Waals surface area (Å²) in [5.41, 5.74) is 0.897. The molecule has 3 heteroatoms. The Hall–Kier alpha value is -1.32. The Morgan fingerprint density at radius 1 is 1.17 bits per heavy atom. The van der Waals surface area contributed by atoms with Gasteiger partial charge in [0.15, 0.2) is 0 Å². The quantitative estimate of drug-likeness (QED) is 0.880. The summed E-state index contributed by atoms with van der Waals surface area (Å²) in [5, 5.41) is 9.96. The number of rotatable bonds is 4. The summed E-state index contributed by atoms with van der Waals surface area (Å²) in [6.45, 7) is 1.94. The largest absolute Gasteiger partial charge is 0.388 e. The molecule has 0 bridgehead atoms. The van der Waals surface area contributed by atoms with E-state index in [0.29, 0.717) is 6.42 Å². The molecule has 1 nitrogen and oxygen atoms in total. The van der Waals surface area contributed by atoms with Crippen molar-refractivity contribution in [3.63, 3.8) is 0 Å². The van der Waals surface area contributed by atoms with Crippen molar-refractivity contribution in [2.24, 2.45) is 0 Å². The van der Waals surface area contributed by atoms with Crippen molar-refractivity contribution >= 4 is 11.8 Å². The summed E-state index contributed by atoms with van der Waals surface area (Å²) in [6.07, 6.45) is 0.197. The topological polar surface area (TPSA) is 20.2 Å². The van der Waals surface area contributed by atoms with Crippen molar-refractivity contribution in [1.82, 2.24) is 0 Å². The van der Waals surface area contributed by atoms with Gasteiger partial charge in [0, 0.05) is 9.79 Å². The number of hydrogen-bond acceptors (Lipinski definition) is 2. The Kier molecular flexibility index (Phi) is 4.39. The molecule has 0 aromatic heterocycles. The van der Waals surface area contributed by atoms with Crippen LogP contribution in [-0.2, 0) is 0 Å². The standard InChI is InChI=1S/C15H15FOS/c1-2-14(17)13-8-3-4-9-15(13)18-12-7-5-6-11(16)10-12/h3-10,14,17H,2H2,1H3. The Morgan fingerprint density at radius 2 is 1.94 bits per heavy atom. The molecular formula is C15H15FOS. The van der Waals surface area contributed by atoms with Gasteiger partial charge in [-0.05, 0) is 36.2 Å².